The van der Waals surface area contributed by atoms with Gasteiger partial charge in [-0.25, -0.2) is 9.78 Å². The number of anilines is 2. The van der Waals surface area contributed by atoms with E-state index >= 15 is 0 Å². The molecular weight excluding hydrogens is 350 g/mol. The van der Waals surface area contributed by atoms with Crippen molar-refractivity contribution in [1.29, 1.82) is 0 Å². The topological polar surface area (TPSA) is 91.3 Å². The molecular formula is C19H25N3O3S. The SMILES string of the molecule is C1CCCCCC1.Cc1cc(C(=O)Nc2nccs2)ccc1NC(=O)O. The molecule has 0 aliphatic heterocycles. The van der Waals surface area contributed by atoms with Crippen LogP contribution in [0.4, 0.5) is 15.6 Å². The number of aryl methyl sites for hydroxylation is 1. The van der Waals surface area contributed by atoms with Gasteiger partial charge in [0.1, 0.15) is 0 Å². The summed E-state index contributed by atoms with van der Waals surface area (Å²) in [7, 11) is 0. The molecule has 0 radical (unpaired) electrons. The van der Waals surface area contributed by atoms with Crippen molar-refractivity contribution in [3.63, 3.8) is 0 Å². The van der Waals surface area contributed by atoms with Crippen LogP contribution in [0, 0.1) is 6.92 Å². The van der Waals surface area contributed by atoms with Crippen molar-refractivity contribution in [1.82, 2.24) is 4.98 Å². The normalized spacial score (nSPS) is 13.7. The van der Waals surface area contributed by atoms with Gasteiger partial charge in [0.15, 0.2) is 5.13 Å². The number of carboxylic acid groups (broad SMARTS) is 1. The molecule has 1 aliphatic carbocycles. The molecule has 1 aliphatic rings. The fourth-order valence-electron chi connectivity index (χ4n) is 2.75. The van der Waals surface area contributed by atoms with E-state index < -0.39 is 6.09 Å². The molecule has 0 saturated heterocycles. The van der Waals surface area contributed by atoms with Gasteiger partial charge in [-0.15, -0.1) is 11.3 Å². The Balaban J connectivity index is 0.000000290. The molecule has 26 heavy (non-hydrogen) atoms. The van der Waals surface area contributed by atoms with Crippen LogP contribution in [0.5, 0.6) is 0 Å². The predicted molar refractivity (Wildman–Crippen MR) is 105 cm³/mol. The van der Waals surface area contributed by atoms with Crippen LogP contribution in [0.1, 0.15) is 60.9 Å². The second-order valence-corrected chi connectivity index (χ2v) is 7.12. The van der Waals surface area contributed by atoms with Gasteiger partial charge in [0.05, 0.1) is 0 Å². The van der Waals surface area contributed by atoms with Crippen LogP contribution in [0.3, 0.4) is 0 Å². The number of hydrogen-bond donors (Lipinski definition) is 3. The molecule has 0 bridgehead atoms. The van der Waals surface area contributed by atoms with Gasteiger partial charge in [0.25, 0.3) is 5.91 Å². The number of amides is 2. The maximum Gasteiger partial charge on any atom is 0.409 e. The molecule has 1 heterocycles. The summed E-state index contributed by atoms with van der Waals surface area (Å²) in [6.07, 6.45) is 11.0. The lowest BCUT2D eigenvalue weighted by atomic mass is 10.1. The Morgan fingerprint density at radius 3 is 2.12 bits per heavy atom. The number of aromatic nitrogens is 1. The first-order valence-electron chi connectivity index (χ1n) is 8.87. The highest BCUT2D eigenvalue weighted by Crippen LogP contribution is 2.18. The Bertz CT molecular complexity index is 697. The fourth-order valence-corrected chi connectivity index (χ4v) is 3.28. The van der Waals surface area contributed by atoms with Crippen LogP contribution in [-0.4, -0.2) is 22.1 Å². The molecule has 0 spiro atoms. The maximum atomic E-state index is 11.9. The van der Waals surface area contributed by atoms with E-state index in [1.165, 1.54) is 56.3 Å². The van der Waals surface area contributed by atoms with Crippen LogP contribution < -0.4 is 10.6 Å². The average molecular weight is 375 g/mol. The van der Waals surface area contributed by atoms with Crippen molar-refractivity contribution in [2.75, 3.05) is 10.6 Å². The molecule has 3 N–H and O–H groups in total. The molecule has 0 atom stereocenters. The molecule has 1 aromatic carbocycles. The second kappa shape index (κ2) is 10.6. The van der Waals surface area contributed by atoms with Crippen molar-refractivity contribution >= 4 is 34.2 Å². The fraction of sp³-hybridized carbons (Fsp3) is 0.421. The van der Waals surface area contributed by atoms with Crippen LogP contribution in [-0.2, 0) is 0 Å². The lowest BCUT2D eigenvalue weighted by Gasteiger charge is -2.07. The summed E-state index contributed by atoms with van der Waals surface area (Å²) in [5.74, 6) is -0.278. The summed E-state index contributed by atoms with van der Waals surface area (Å²) in [5.41, 5.74) is 1.58. The second-order valence-electron chi connectivity index (χ2n) is 6.23. The predicted octanol–water partition coefficient (Wildman–Crippen LogP) is 5.52. The molecule has 1 aromatic heterocycles. The van der Waals surface area contributed by atoms with Crippen LogP contribution in [0.25, 0.3) is 0 Å². The summed E-state index contributed by atoms with van der Waals surface area (Å²) >= 11 is 1.33. The minimum Gasteiger partial charge on any atom is -0.465 e. The lowest BCUT2D eigenvalue weighted by Crippen LogP contribution is -2.13. The van der Waals surface area contributed by atoms with Crippen molar-refractivity contribution in [3.05, 3.63) is 40.9 Å². The smallest absolute Gasteiger partial charge is 0.409 e. The Morgan fingerprint density at radius 2 is 1.65 bits per heavy atom. The van der Waals surface area contributed by atoms with E-state index in [-0.39, 0.29) is 5.91 Å². The van der Waals surface area contributed by atoms with Crippen molar-refractivity contribution in [3.8, 4) is 0 Å². The number of carbonyl (C=O) groups excluding carboxylic acids is 1. The maximum absolute atomic E-state index is 11.9. The van der Waals surface area contributed by atoms with Gasteiger partial charge in [-0.3, -0.25) is 15.4 Å². The van der Waals surface area contributed by atoms with Crippen LogP contribution in [0.15, 0.2) is 29.8 Å². The third-order valence-electron chi connectivity index (χ3n) is 4.13. The first kappa shape index (κ1) is 19.9. The largest absolute Gasteiger partial charge is 0.465 e. The standard InChI is InChI=1S/C12H11N3O3S.C7H14/c1-7-6-8(2-3-9(7)14-12(17)18)10(16)15-11-13-4-5-19-11;1-2-4-6-7-5-3-1/h2-6,14H,1H3,(H,17,18)(H,13,15,16);1-7H2. The first-order chi connectivity index (χ1) is 12.6. The molecule has 2 amide bonds. The highest BCUT2D eigenvalue weighted by molar-refractivity contribution is 7.13. The Morgan fingerprint density at radius 1 is 1.04 bits per heavy atom. The Hall–Kier alpha value is -2.41. The Kier molecular flexibility index (Phi) is 8.08. The van der Waals surface area contributed by atoms with Crippen LogP contribution >= 0.6 is 11.3 Å². The molecule has 1 fully saturated rings. The number of benzene rings is 1. The third-order valence-corrected chi connectivity index (χ3v) is 4.82. The van der Waals surface area contributed by atoms with Crippen LogP contribution in [0.2, 0.25) is 0 Å². The zero-order valence-electron chi connectivity index (χ0n) is 15.0. The van der Waals surface area contributed by atoms with Gasteiger partial charge in [-0.2, -0.15) is 0 Å². The molecule has 6 nitrogen and oxygen atoms in total. The van der Waals surface area contributed by atoms with E-state index in [9.17, 15) is 9.59 Å². The van der Waals surface area contributed by atoms with Crippen molar-refractivity contribution < 1.29 is 14.7 Å². The molecule has 140 valence electrons. The molecule has 3 rings (SSSR count). The number of hydrogen-bond acceptors (Lipinski definition) is 4. The lowest BCUT2D eigenvalue weighted by molar-refractivity contribution is 0.102. The number of rotatable bonds is 3. The number of carbonyl (C=O) groups is 2. The van der Waals surface area contributed by atoms with Gasteiger partial charge < -0.3 is 5.11 Å². The van der Waals surface area contributed by atoms with Crippen molar-refractivity contribution in [2.45, 2.75) is 51.9 Å². The summed E-state index contributed by atoms with van der Waals surface area (Å²) < 4.78 is 0. The Labute approximate surface area is 157 Å². The van der Waals surface area contributed by atoms with Crippen molar-refractivity contribution in [2.24, 2.45) is 0 Å². The number of nitrogens with one attached hydrogen (secondary N) is 2. The van der Waals surface area contributed by atoms with E-state index in [0.29, 0.717) is 21.9 Å². The quantitative estimate of drug-likeness (QED) is 0.616. The number of nitrogens with zero attached hydrogens (tertiary/aromatic N) is 1. The molecule has 1 saturated carbocycles. The van der Waals surface area contributed by atoms with E-state index in [2.05, 4.69) is 15.6 Å². The highest BCUT2D eigenvalue weighted by Gasteiger charge is 2.10. The highest BCUT2D eigenvalue weighted by atomic mass is 32.1. The van der Waals surface area contributed by atoms with Gasteiger partial charge in [-0.1, -0.05) is 44.9 Å². The minimum atomic E-state index is -1.14. The third kappa shape index (κ3) is 6.84. The number of thiazole rings is 1. The molecule has 2 aromatic rings. The zero-order chi connectivity index (χ0) is 18.8. The van der Waals surface area contributed by atoms with E-state index in [4.69, 9.17) is 5.11 Å². The monoisotopic (exact) mass is 375 g/mol. The van der Waals surface area contributed by atoms with Gasteiger partial charge in [0, 0.05) is 22.8 Å². The molecule has 7 heteroatoms. The zero-order valence-corrected chi connectivity index (χ0v) is 15.8. The summed E-state index contributed by atoms with van der Waals surface area (Å²) in [6, 6.07) is 4.73. The minimum absolute atomic E-state index is 0.278. The van der Waals surface area contributed by atoms with E-state index in [1.807, 2.05) is 0 Å². The van der Waals surface area contributed by atoms with Gasteiger partial charge >= 0.3 is 6.09 Å². The van der Waals surface area contributed by atoms with E-state index in [0.717, 1.165) is 0 Å². The van der Waals surface area contributed by atoms with E-state index in [1.54, 1.807) is 36.7 Å². The van der Waals surface area contributed by atoms with Gasteiger partial charge in [0.2, 0.25) is 0 Å². The molecule has 0 unspecified atom stereocenters. The first-order valence-corrected chi connectivity index (χ1v) is 9.75. The summed E-state index contributed by atoms with van der Waals surface area (Å²) in [6.45, 7) is 1.73. The summed E-state index contributed by atoms with van der Waals surface area (Å²) in [4.78, 5) is 26.4. The van der Waals surface area contributed by atoms with Gasteiger partial charge in [-0.05, 0) is 30.7 Å². The summed E-state index contributed by atoms with van der Waals surface area (Å²) in [5, 5.41) is 15.8. The average Bonchev–Trinajstić information content (AvgIpc) is 2.93.